The zero-order valence-electron chi connectivity index (χ0n) is 18.2. The third-order valence-electron chi connectivity index (χ3n) is 6.80. The second-order valence-corrected chi connectivity index (χ2v) is 8.45. The number of hydrogen-bond acceptors (Lipinski definition) is 4. The molecule has 34 heavy (non-hydrogen) atoms. The average Bonchev–Trinajstić information content (AvgIpc) is 3.34. The van der Waals surface area contributed by atoms with Crippen LogP contribution in [0, 0.1) is 23.5 Å². The number of esters is 1. The van der Waals surface area contributed by atoms with E-state index < -0.39 is 52.8 Å². The van der Waals surface area contributed by atoms with E-state index in [1.54, 1.807) is 35.6 Å². The summed E-state index contributed by atoms with van der Waals surface area (Å²) in [5, 5.41) is 1.63. The number of rotatable bonds is 4. The number of para-hydroxylation sites is 1. The van der Waals surface area contributed by atoms with Crippen LogP contribution < -0.4 is 10.2 Å². The molecule has 2 fully saturated rings. The largest absolute Gasteiger partial charge is 0.465 e. The summed E-state index contributed by atoms with van der Waals surface area (Å²) in [5.41, 5.74) is 0.125. The Balaban J connectivity index is 1.76. The van der Waals surface area contributed by atoms with Gasteiger partial charge in [0, 0.05) is 11.1 Å². The molecule has 2 heterocycles. The van der Waals surface area contributed by atoms with Gasteiger partial charge in [-0.15, -0.1) is 0 Å². The first-order valence-corrected chi connectivity index (χ1v) is 10.8. The number of halogens is 2. The van der Waals surface area contributed by atoms with Gasteiger partial charge in [-0.25, -0.2) is 18.5 Å². The van der Waals surface area contributed by atoms with Gasteiger partial charge in [-0.1, -0.05) is 18.2 Å². The number of nitrogens with two attached hydrogens (primary N) is 1. The highest BCUT2D eigenvalue weighted by molar-refractivity contribution is 6.23. The van der Waals surface area contributed by atoms with E-state index in [1.807, 2.05) is 0 Å². The smallest absolute Gasteiger partial charge is 0.365 e. The number of carbonyl (C=O) groups is 3. The van der Waals surface area contributed by atoms with Gasteiger partial charge in [-0.3, -0.25) is 9.59 Å². The minimum absolute atomic E-state index is 0.391. The van der Waals surface area contributed by atoms with Crippen LogP contribution in [-0.2, 0) is 24.7 Å². The molecule has 3 aromatic carbocycles. The summed E-state index contributed by atoms with van der Waals surface area (Å²) >= 11 is 0. The van der Waals surface area contributed by atoms with E-state index in [9.17, 15) is 23.2 Å². The number of hydrogen-bond donors (Lipinski definition) is 1. The highest BCUT2D eigenvalue weighted by Crippen LogP contribution is 2.48. The van der Waals surface area contributed by atoms with E-state index in [0.29, 0.717) is 16.8 Å². The summed E-state index contributed by atoms with van der Waals surface area (Å²) in [6, 6.07) is 18.6. The Morgan fingerprint density at radius 2 is 1.38 bits per heavy atom. The Hall–Kier alpha value is -3.91. The summed E-state index contributed by atoms with van der Waals surface area (Å²) in [5.74, 6) is -4.65. The van der Waals surface area contributed by atoms with E-state index >= 15 is 0 Å². The number of imide groups is 1. The lowest BCUT2D eigenvalue weighted by Gasteiger charge is -2.32. The molecule has 2 amide bonds. The van der Waals surface area contributed by atoms with Crippen molar-refractivity contribution in [1.82, 2.24) is 0 Å². The zero-order chi connectivity index (χ0) is 24.0. The molecule has 2 aliphatic rings. The Bertz CT molecular complexity index is 1220. The number of quaternary nitrogens is 1. The van der Waals surface area contributed by atoms with Crippen molar-refractivity contribution >= 4 is 23.5 Å². The monoisotopic (exact) mass is 463 g/mol. The van der Waals surface area contributed by atoms with Crippen molar-refractivity contribution in [3.63, 3.8) is 0 Å². The molecule has 3 atom stereocenters. The van der Waals surface area contributed by atoms with Crippen LogP contribution in [0.2, 0.25) is 0 Å². The fourth-order valence-corrected chi connectivity index (χ4v) is 5.37. The van der Waals surface area contributed by atoms with Crippen LogP contribution in [0.15, 0.2) is 78.9 Å². The molecule has 8 heteroatoms. The topological polar surface area (TPSA) is 80.3 Å². The van der Waals surface area contributed by atoms with E-state index in [0.717, 1.165) is 4.90 Å². The number of benzene rings is 3. The van der Waals surface area contributed by atoms with Crippen LogP contribution in [0.25, 0.3) is 0 Å². The van der Waals surface area contributed by atoms with Crippen molar-refractivity contribution in [2.75, 3.05) is 12.0 Å². The summed E-state index contributed by atoms with van der Waals surface area (Å²) in [7, 11) is 1.22. The molecule has 0 saturated carbocycles. The first-order valence-electron chi connectivity index (χ1n) is 10.8. The molecule has 0 aliphatic carbocycles. The van der Waals surface area contributed by atoms with Crippen LogP contribution in [0.3, 0.4) is 0 Å². The molecule has 2 aliphatic heterocycles. The number of amides is 2. The number of carbonyl (C=O) groups excluding carboxylic acids is 3. The van der Waals surface area contributed by atoms with Gasteiger partial charge in [0.2, 0.25) is 11.8 Å². The Morgan fingerprint density at radius 3 is 1.88 bits per heavy atom. The maximum Gasteiger partial charge on any atom is 0.365 e. The lowest BCUT2D eigenvalue weighted by atomic mass is 9.71. The van der Waals surface area contributed by atoms with Gasteiger partial charge in [-0.05, 0) is 60.7 Å². The van der Waals surface area contributed by atoms with E-state index in [2.05, 4.69) is 0 Å². The minimum atomic E-state index is -1.29. The SMILES string of the molecule is COC(=O)[C@@H]1[NH2+]C(c2ccc(F)cc2)(c2ccc(F)cc2)[C@@H]2C(=O)N(c3ccccc3)C(=O)[C@H]21. The van der Waals surface area contributed by atoms with Gasteiger partial charge in [0.15, 0.2) is 11.6 Å². The molecule has 2 N–H and O–H groups in total. The fourth-order valence-electron chi connectivity index (χ4n) is 5.37. The molecule has 0 radical (unpaired) electrons. The Morgan fingerprint density at radius 1 is 0.853 bits per heavy atom. The van der Waals surface area contributed by atoms with Crippen molar-refractivity contribution < 1.29 is 33.2 Å². The van der Waals surface area contributed by atoms with Gasteiger partial charge < -0.3 is 10.1 Å². The molecular formula is C26H21F2N2O4+. The Kier molecular flexibility index (Phi) is 5.25. The highest BCUT2D eigenvalue weighted by atomic mass is 19.1. The number of anilines is 1. The van der Waals surface area contributed by atoms with Gasteiger partial charge in [0.1, 0.15) is 23.5 Å². The fraction of sp³-hybridized carbons (Fsp3) is 0.192. The second-order valence-electron chi connectivity index (χ2n) is 8.45. The summed E-state index contributed by atoms with van der Waals surface area (Å²) < 4.78 is 32.7. The van der Waals surface area contributed by atoms with E-state index in [-0.39, 0.29) is 0 Å². The third kappa shape index (κ3) is 3.13. The van der Waals surface area contributed by atoms with Crippen molar-refractivity contribution in [3.8, 4) is 0 Å². The van der Waals surface area contributed by atoms with Crippen molar-refractivity contribution in [2.24, 2.45) is 11.8 Å². The van der Waals surface area contributed by atoms with Crippen molar-refractivity contribution in [1.29, 1.82) is 0 Å². The molecule has 5 rings (SSSR count). The molecule has 0 unspecified atom stereocenters. The maximum atomic E-state index is 13.9. The zero-order valence-corrected chi connectivity index (χ0v) is 18.2. The lowest BCUT2D eigenvalue weighted by Crippen LogP contribution is -2.99. The lowest BCUT2D eigenvalue weighted by molar-refractivity contribution is -0.729. The van der Waals surface area contributed by atoms with Crippen LogP contribution in [-0.4, -0.2) is 30.9 Å². The van der Waals surface area contributed by atoms with Crippen LogP contribution in [0.5, 0.6) is 0 Å². The van der Waals surface area contributed by atoms with Gasteiger partial charge in [0.05, 0.1) is 12.8 Å². The van der Waals surface area contributed by atoms with E-state index in [1.165, 1.54) is 55.6 Å². The molecule has 3 aromatic rings. The quantitative estimate of drug-likeness (QED) is 0.475. The first-order chi connectivity index (χ1) is 16.4. The number of methoxy groups -OCH3 is 1. The van der Waals surface area contributed by atoms with Gasteiger partial charge >= 0.3 is 5.97 Å². The molecule has 0 aromatic heterocycles. The normalized spacial score (nSPS) is 23.1. The predicted octanol–water partition coefficient (Wildman–Crippen LogP) is 2.13. The predicted molar refractivity (Wildman–Crippen MR) is 117 cm³/mol. The molecule has 172 valence electrons. The van der Waals surface area contributed by atoms with Crippen LogP contribution in [0.1, 0.15) is 11.1 Å². The minimum Gasteiger partial charge on any atom is -0.465 e. The summed E-state index contributed by atoms with van der Waals surface area (Å²) in [4.78, 5) is 41.5. The van der Waals surface area contributed by atoms with Crippen molar-refractivity contribution in [2.45, 2.75) is 11.6 Å². The van der Waals surface area contributed by atoms with E-state index in [4.69, 9.17) is 4.74 Å². The number of nitrogens with zero attached hydrogens (tertiary/aromatic N) is 1. The highest BCUT2D eigenvalue weighted by Gasteiger charge is 2.72. The Labute approximate surface area is 194 Å². The second kappa shape index (κ2) is 8.14. The molecule has 6 nitrogen and oxygen atoms in total. The molecule has 2 saturated heterocycles. The molecule has 0 bridgehead atoms. The van der Waals surface area contributed by atoms with Crippen LogP contribution >= 0.6 is 0 Å². The van der Waals surface area contributed by atoms with Gasteiger partial charge in [0.25, 0.3) is 0 Å². The molecule has 0 spiro atoms. The van der Waals surface area contributed by atoms with Gasteiger partial charge in [-0.2, -0.15) is 0 Å². The third-order valence-corrected chi connectivity index (χ3v) is 6.80. The average molecular weight is 463 g/mol. The van der Waals surface area contributed by atoms with Crippen molar-refractivity contribution in [3.05, 3.63) is 102 Å². The molecular weight excluding hydrogens is 442 g/mol. The number of ether oxygens (including phenoxy) is 1. The number of fused-ring (bicyclic) bond motifs is 1. The van der Waals surface area contributed by atoms with Crippen LogP contribution in [0.4, 0.5) is 14.5 Å². The standard InChI is InChI=1S/C26H20F2N2O4/c1-34-25(33)22-20-21(24(32)30(23(20)31)19-5-3-2-4-6-19)26(29-22,15-7-11-17(27)12-8-15)16-9-13-18(28)14-10-16/h2-14,20-22,29H,1H3/p+1/t20-,21+,22-/m1/s1. The maximum absolute atomic E-state index is 13.9. The summed E-state index contributed by atoms with van der Waals surface area (Å²) in [6.07, 6.45) is 0. The summed E-state index contributed by atoms with van der Waals surface area (Å²) in [6.45, 7) is 0. The first kappa shape index (κ1) is 21.9.